The minimum absolute atomic E-state index is 0.0168. The molecule has 0 aliphatic rings. The number of carbonyl (C=O) groups excluding carboxylic acids is 1. The first-order valence-electron chi connectivity index (χ1n) is 5.66. The van der Waals surface area contributed by atoms with Crippen LogP contribution < -0.4 is 10.6 Å². The van der Waals surface area contributed by atoms with E-state index in [0.717, 1.165) is 0 Å². The minimum Gasteiger partial charge on any atom is -0.364 e. The monoisotopic (exact) mass is 255 g/mol. The second-order valence-corrected chi connectivity index (χ2v) is 3.73. The molecule has 0 radical (unpaired) electrons. The predicted molar refractivity (Wildman–Crippen MR) is 66.4 cm³/mol. The Morgan fingerprint density at radius 3 is 2.72 bits per heavy atom. The van der Waals surface area contributed by atoms with Crippen molar-refractivity contribution in [3.05, 3.63) is 15.8 Å². The Kier molecular flexibility index (Phi) is 4.64. The Balaban J connectivity index is 2.84. The molecule has 1 rings (SSSR count). The van der Waals surface area contributed by atoms with Crippen molar-refractivity contribution in [2.75, 3.05) is 18.9 Å². The molecule has 0 aliphatic carbocycles. The molecule has 0 unspecified atom stereocenters. The molecule has 100 valence electrons. The van der Waals surface area contributed by atoms with Crippen LogP contribution in [0.5, 0.6) is 0 Å². The molecule has 0 aliphatic heterocycles. The highest BCUT2D eigenvalue weighted by atomic mass is 16.6. The molecule has 1 aromatic heterocycles. The first kappa shape index (κ1) is 13.9. The molecule has 8 heteroatoms. The van der Waals surface area contributed by atoms with Gasteiger partial charge in [-0.05, 0) is 6.42 Å². The van der Waals surface area contributed by atoms with Crippen molar-refractivity contribution in [2.24, 2.45) is 7.05 Å². The van der Waals surface area contributed by atoms with E-state index < -0.39 is 4.92 Å². The number of carbonyl (C=O) groups is 1. The van der Waals surface area contributed by atoms with Crippen molar-refractivity contribution >= 4 is 17.4 Å². The number of nitro groups is 1. The standard InChI is InChI=1S/C10H17N5O3/c1-4-7-9(15(17)18)10(14(3)13-7)12-6-5-8(16)11-2/h12H,4-6H2,1-3H3,(H,11,16). The second kappa shape index (κ2) is 5.99. The maximum absolute atomic E-state index is 11.1. The summed E-state index contributed by atoms with van der Waals surface area (Å²) in [6.07, 6.45) is 0.738. The van der Waals surface area contributed by atoms with Crippen molar-refractivity contribution in [3.63, 3.8) is 0 Å². The largest absolute Gasteiger partial charge is 0.364 e. The summed E-state index contributed by atoms with van der Waals surface area (Å²) in [5.41, 5.74) is 0.418. The van der Waals surface area contributed by atoms with Crippen LogP contribution in [0.25, 0.3) is 0 Å². The van der Waals surface area contributed by atoms with Gasteiger partial charge in [-0.1, -0.05) is 6.92 Å². The van der Waals surface area contributed by atoms with Gasteiger partial charge in [0.05, 0.1) is 4.92 Å². The Labute approximate surface area is 105 Å². The summed E-state index contributed by atoms with van der Waals surface area (Å²) in [6.45, 7) is 2.13. The summed E-state index contributed by atoms with van der Waals surface area (Å²) in [4.78, 5) is 21.6. The average molecular weight is 255 g/mol. The fourth-order valence-corrected chi connectivity index (χ4v) is 1.62. The van der Waals surface area contributed by atoms with Gasteiger partial charge in [-0.25, -0.2) is 4.68 Å². The van der Waals surface area contributed by atoms with Gasteiger partial charge in [-0.2, -0.15) is 5.10 Å². The Morgan fingerprint density at radius 1 is 1.56 bits per heavy atom. The number of rotatable bonds is 6. The highest BCUT2D eigenvalue weighted by molar-refractivity contribution is 5.76. The molecule has 1 amide bonds. The normalized spacial score (nSPS) is 10.2. The van der Waals surface area contributed by atoms with Crippen molar-refractivity contribution in [1.29, 1.82) is 0 Å². The quantitative estimate of drug-likeness (QED) is 0.567. The molecule has 0 aromatic carbocycles. The van der Waals surface area contributed by atoms with Crippen molar-refractivity contribution < 1.29 is 9.72 Å². The number of aromatic nitrogens is 2. The number of hydrogen-bond acceptors (Lipinski definition) is 5. The average Bonchev–Trinajstić information content (AvgIpc) is 2.66. The lowest BCUT2D eigenvalue weighted by atomic mass is 10.3. The zero-order valence-electron chi connectivity index (χ0n) is 10.7. The molecule has 0 atom stereocenters. The van der Waals surface area contributed by atoms with E-state index in [9.17, 15) is 14.9 Å². The number of hydrogen-bond donors (Lipinski definition) is 2. The first-order valence-corrected chi connectivity index (χ1v) is 5.66. The van der Waals surface area contributed by atoms with Gasteiger partial charge < -0.3 is 10.6 Å². The number of nitrogens with one attached hydrogen (secondary N) is 2. The summed E-state index contributed by atoms with van der Waals surface area (Å²) in [5, 5.41) is 20.4. The molecule has 0 saturated heterocycles. The molecule has 0 spiro atoms. The molecule has 18 heavy (non-hydrogen) atoms. The van der Waals surface area contributed by atoms with Crippen LogP contribution in [-0.2, 0) is 18.3 Å². The molecule has 0 fully saturated rings. The van der Waals surface area contributed by atoms with Gasteiger partial charge in [0.1, 0.15) is 5.69 Å². The number of aryl methyl sites for hydroxylation is 2. The molecule has 2 N–H and O–H groups in total. The van der Waals surface area contributed by atoms with E-state index in [0.29, 0.717) is 24.5 Å². The van der Waals surface area contributed by atoms with Crippen LogP contribution in [0.1, 0.15) is 19.0 Å². The third-order valence-electron chi connectivity index (χ3n) is 2.53. The van der Waals surface area contributed by atoms with Gasteiger partial charge in [-0.3, -0.25) is 14.9 Å². The second-order valence-electron chi connectivity index (χ2n) is 3.73. The van der Waals surface area contributed by atoms with Gasteiger partial charge >= 0.3 is 5.69 Å². The smallest absolute Gasteiger partial charge is 0.333 e. The van der Waals surface area contributed by atoms with E-state index in [1.807, 2.05) is 6.92 Å². The summed E-state index contributed by atoms with van der Waals surface area (Å²) in [7, 11) is 3.18. The topological polar surface area (TPSA) is 102 Å². The zero-order chi connectivity index (χ0) is 13.7. The SMILES string of the molecule is CCc1nn(C)c(NCCC(=O)NC)c1[N+](=O)[O-]. The lowest BCUT2D eigenvalue weighted by Crippen LogP contribution is -2.21. The third kappa shape index (κ3) is 2.96. The Bertz CT molecular complexity index is 455. The van der Waals surface area contributed by atoms with E-state index in [1.165, 1.54) is 4.68 Å². The minimum atomic E-state index is -0.450. The summed E-state index contributed by atoms with van der Waals surface area (Å²) >= 11 is 0. The molecular weight excluding hydrogens is 238 g/mol. The van der Waals surface area contributed by atoms with E-state index >= 15 is 0 Å². The maximum Gasteiger partial charge on any atom is 0.333 e. The van der Waals surface area contributed by atoms with E-state index in [1.54, 1.807) is 14.1 Å². The van der Waals surface area contributed by atoms with Gasteiger partial charge in [0.25, 0.3) is 0 Å². The highest BCUT2D eigenvalue weighted by Crippen LogP contribution is 2.28. The molecule has 1 aromatic rings. The maximum atomic E-state index is 11.1. The first-order chi connectivity index (χ1) is 8.51. The Hall–Kier alpha value is -2.12. The van der Waals surface area contributed by atoms with Crippen LogP contribution in [0.2, 0.25) is 0 Å². The molecule has 0 bridgehead atoms. The summed E-state index contributed by atoms with van der Waals surface area (Å²) in [5.74, 6) is 0.212. The van der Waals surface area contributed by atoms with Gasteiger partial charge in [0, 0.05) is 27.1 Å². The van der Waals surface area contributed by atoms with Gasteiger partial charge in [-0.15, -0.1) is 0 Å². The fraction of sp³-hybridized carbons (Fsp3) is 0.600. The van der Waals surface area contributed by atoms with Crippen LogP contribution >= 0.6 is 0 Å². The van der Waals surface area contributed by atoms with E-state index in [2.05, 4.69) is 15.7 Å². The highest BCUT2D eigenvalue weighted by Gasteiger charge is 2.25. The molecule has 8 nitrogen and oxygen atoms in total. The van der Waals surface area contributed by atoms with Gasteiger partial charge in [0.2, 0.25) is 11.7 Å². The van der Waals surface area contributed by atoms with Crippen LogP contribution in [0, 0.1) is 10.1 Å². The van der Waals surface area contributed by atoms with Crippen LogP contribution in [0.4, 0.5) is 11.5 Å². The van der Waals surface area contributed by atoms with Crippen molar-refractivity contribution in [1.82, 2.24) is 15.1 Å². The fourth-order valence-electron chi connectivity index (χ4n) is 1.62. The van der Waals surface area contributed by atoms with E-state index in [-0.39, 0.29) is 18.0 Å². The lowest BCUT2D eigenvalue weighted by Gasteiger charge is -2.05. The molecule has 0 saturated carbocycles. The Morgan fingerprint density at radius 2 is 2.22 bits per heavy atom. The van der Waals surface area contributed by atoms with Crippen molar-refractivity contribution in [3.8, 4) is 0 Å². The number of anilines is 1. The summed E-state index contributed by atoms with van der Waals surface area (Å²) < 4.78 is 1.43. The van der Waals surface area contributed by atoms with Crippen LogP contribution in [-0.4, -0.2) is 34.2 Å². The predicted octanol–water partition coefficient (Wildman–Crippen LogP) is 0.439. The van der Waals surface area contributed by atoms with E-state index in [4.69, 9.17) is 0 Å². The van der Waals surface area contributed by atoms with Crippen molar-refractivity contribution in [2.45, 2.75) is 19.8 Å². The van der Waals surface area contributed by atoms with Crippen LogP contribution in [0.15, 0.2) is 0 Å². The number of amides is 1. The zero-order valence-corrected chi connectivity index (χ0v) is 10.7. The lowest BCUT2D eigenvalue weighted by molar-refractivity contribution is -0.384. The van der Waals surface area contributed by atoms with Crippen LogP contribution in [0.3, 0.4) is 0 Å². The summed E-state index contributed by atoms with van der Waals surface area (Å²) in [6, 6.07) is 0. The number of nitrogens with zero attached hydrogens (tertiary/aromatic N) is 3. The third-order valence-corrected chi connectivity index (χ3v) is 2.53. The van der Waals surface area contributed by atoms with Gasteiger partial charge in [0.15, 0.2) is 0 Å². The molecular formula is C10H17N5O3. The molecule has 1 heterocycles.